The molecule has 1 fully saturated rings. The van der Waals surface area contributed by atoms with E-state index in [0.29, 0.717) is 11.4 Å². The van der Waals surface area contributed by atoms with Crippen LogP contribution >= 0.6 is 0 Å². The summed E-state index contributed by atoms with van der Waals surface area (Å²) in [4.78, 5) is 22.6. The van der Waals surface area contributed by atoms with Crippen LogP contribution in [0.25, 0.3) is 0 Å². The normalized spacial score (nSPS) is 16.0. The Kier molecular flexibility index (Phi) is 3.76. The fourth-order valence-corrected chi connectivity index (χ4v) is 2.46. The maximum absolute atomic E-state index is 12.1. The number of aryl methyl sites for hydroxylation is 1. The van der Waals surface area contributed by atoms with Crippen molar-refractivity contribution in [2.24, 2.45) is 0 Å². The minimum Gasteiger partial charge on any atom is -0.355 e. The van der Waals surface area contributed by atoms with Crippen molar-refractivity contribution in [3.63, 3.8) is 0 Å². The number of carbonyl (C=O) groups is 1. The summed E-state index contributed by atoms with van der Waals surface area (Å²) in [6.07, 6.45) is 6.86. The first-order valence-electron chi connectivity index (χ1n) is 6.93. The minimum absolute atomic E-state index is 0.154. The molecule has 1 aliphatic rings. The summed E-state index contributed by atoms with van der Waals surface area (Å²) in [7, 11) is 0. The number of nitrogens with zero attached hydrogens (tertiary/aromatic N) is 5. The summed E-state index contributed by atoms with van der Waals surface area (Å²) < 4.78 is 0. The number of piperidine rings is 1. The summed E-state index contributed by atoms with van der Waals surface area (Å²) in [5, 5.41) is 13.2. The molecule has 1 amide bonds. The second kappa shape index (κ2) is 5.86. The van der Waals surface area contributed by atoms with Crippen LogP contribution in [-0.4, -0.2) is 50.4 Å². The van der Waals surface area contributed by atoms with Gasteiger partial charge in [-0.3, -0.25) is 9.78 Å². The van der Waals surface area contributed by atoms with E-state index in [4.69, 9.17) is 0 Å². The van der Waals surface area contributed by atoms with Crippen LogP contribution in [0.5, 0.6) is 0 Å². The molecule has 3 rings (SSSR count). The standard InChI is InChI=1S/C13H17N7O/c1-9-12(18-19-17-9)13(21)16-10-2-6-20(7-3-10)11-8-14-4-5-15-11/h4-5,8,10H,2-3,6-7H2,1H3,(H,16,21)(H,17,18,19). The third-order valence-electron chi connectivity index (χ3n) is 3.64. The lowest BCUT2D eigenvalue weighted by atomic mass is 10.0. The van der Waals surface area contributed by atoms with E-state index in [1.165, 1.54) is 0 Å². The Morgan fingerprint density at radius 3 is 2.76 bits per heavy atom. The molecule has 0 radical (unpaired) electrons. The molecule has 0 atom stereocenters. The third kappa shape index (κ3) is 2.99. The van der Waals surface area contributed by atoms with E-state index in [1.54, 1.807) is 25.5 Å². The molecule has 2 aromatic heterocycles. The molecule has 0 aromatic carbocycles. The van der Waals surface area contributed by atoms with Crippen molar-refractivity contribution in [2.75, 3.05) is 18.0 Å². The summed E-state index contributed by atoms with van der Waals surface area (Å²) in [5.74, 6) is 0.717. The highest BCUT2D eigenvalue weighted by Crippen LogP contribution is 2.16. The van der Waals surface area contributed by atoms with Crippen LogP contribution in [0.15, 0.2) is 18.6 Å². The van der Waals surface area contributed by atoms with Crippen molar-refractivity contribution in [2.45, 2.75) is 25.8 Å². The van der Waals surface area contributed by atoms with E-state index in [9.17, 15) is 4.79 Å². The number of hydrogen-bond donors (Lipinski definition) is 2. The molecule has 0 bridgehead atoms. The number of amides is 1. The molecule has 0 spiro atoms. The third-order valence-corrected chi connectivity index (χ3v) is 3.64. The zero-order valence-corrected chi connectivity index (χ0v) is 11.8. The lowest BCUT2D eigenvalue weighted by Gasteiger charge is -2.32. The molecule has 0 aliphatic carbocycles. The highest BCUT2D eigenvalue weighted by molar-refractivity contribution is 5.93. The monoisotopic (exact) mass is 287 g/mol. The fraction of sp³-hybridized carbons (Fsp3) is 0.462. The van der Waals surface area contributed by atoms with Crippen LogP contribution in [0.2, 0.25) is 0 Å². The van der Waals surface area contributed by atoms with E-state index in [2.05, 4.69) is 35.6 Å². The summed E-state index contributed by atoms with van der Waals surface area (Å²) in [5.41, 5.74) is 0.982. The Balaban J connectivity index is 1.55. The Morgan fingerprint density at radius 2 is 2.14 bits per heavy atom. The number of aromatic nitrogens is 5. The predicted molar refractivity (Wildman–Crippen MR) is 75.9 cm³/mol. The molecule has 1 saturated heterocycles. The largest absolute Gasteiger partial charge is 0.355 e. The van der Waals surface area contributed by atoms with Gasteiger partial charge in [-0.15, -0.1) is 0 Å². The Morgan fingerprint density at radius 1 is 1.33 bits per heavy atom. The summed E-state index contributed by atoms with van der Waals surface area (Å²) in [6, 6.07) is 0.154. The number of rotatable bonds is 3. The lowest BCUT2D eigenvalue weighted by molar-refractivity contribution is 0.0925. The zero-order chi connectivity index (χ0) is 14.7. The van der Waals surface area contributed by atoms with Crippen LogP contribution < -0.4 is 10.2 Å². The van der Waals surface area contributed by atoms with E-state index in [0.717, 1.165) is 31.7 Å². The second-order valence-electron chi connectivity index (χ2n) is 5.06. The quantitative estimate of drug-likeness (QED) is 0.842. The molecule has 1 aliphatic heterocycles. The fourth-order valence-electron chi connectivity index (χ4n) is 2.46. The first-order chi connectivity index (χ1) is 10.2. The van der Waals surface area contributed by atoms with Gasteiger partial charge in [0.05, 0.1) is 11.9 Å². The Bertz CT molecular complexity index is 604. The van der Waals surface area contributed by atoms with Gasteiger partial charge in [-0.05, 0) is 19.8 Å². The first-order valence-corrected chi connectivity index (χ1v) is 6.93. The number of hydrogen-bond acceptors (Lipinski definition) is 6. The first kappa shape index (κ1) is 13.5. The van der Waals surface area contributed by atoms with Crippen molar-refractivity contribution >= 4 is 11.7 Å². The van der Waals surface area contributed by atoms with Gasteiger partial charge in [0.15, 0.2) is 5.69 Å². The van der Waals surface area contributed by atoms with E-state index >= 15 is 0 Å². The van der Waals surface area contributed by atoms with Crippen molar-refractivity contribution < 1.29 is 4.79 Å². The minimum atomic E-state index is -0.167. The van der Waals surface area contributed by atoms with Crippen LogP contribution in [0.1, 0.15) is 29.0 Å². The van der Waals surface area contributed by atoms with Gasteiger partial charge >= 0.3 is 0 Å². The van der Waals surface area contributed by atoms with Crippen LogP contribution in [0.4, 0.5) is 5.82 Å². The number of nitrogens with one attached hydrogen (secondary N) is 2. The molecule has 3 heterocycles. The molecule has 8 nitrogen and oxygen atoms in total. The van der Waals surface area contributed by atoms with Crippen LogP contribution in [0, 0.1) is 6.92 Å². The average Bonchev–Trinajstić information content (AvgIpc) is 2.95. The maximum atomic E-state index is 12.1. The lowest BCUT2D eigenvalue weighted by Crippen LogP contribution is -2.45. The molecule has 110 valence electrons. The number of anilines is 1. The van der Waals surface area contributed by atoms with Crippen molar-refractivity contribution in [3.05, 3.63) is 30.0 Å². The van der Waals surface area contributed by atoms with Gasteiger partial charge in [0.2, 0.25) is 0 Å². The van der Waals surface area contributed by atoms with Crippen LogP contribution in [0.3, 0.4) is 0 Å². The molecule has 21 heavy (non-hydrogen) atoms. The van der Waals surface area contributed by atoms with Gasteiger partial charge in [-0.25, -0.2) is 4.98 Å². The smallest absolute Gasteiger partial charge is 0.273 e. The highest BCUT2D eigenvalue weighted by atomic mass is 16.2. The second-order valence-corrected chi connectivity index (χ2v) is 5.06. The van der Waals surface area contributed by atoms with Gasteiger partial charge < -0.3 is 10.2 Å². The highest BCUT2D eigenvalue weighted by Gasteiger charge is 2.23. The van der Waals surface area contributed by atoms with Crippen molar-refractivity contribution in [1.82, 2.24) is 30.7 Å². The summed E-state index contributed by atoms with van der Waals surface area (Å²) in [6.45, 7) is 3.46. The van der Waals surface area contributed by atoms with Gasteiger partial charge in [-0.2, -0.15) is 15.4 Å². The molecular weight excluding hydrogens is 270 g/mol. The Labute approximate surface area is 122 Å². The van der Waals surface area contributed by atoms with E-state index in [1.807, 2.05) is 0 Å². The van der Waals surface area contributed by atoms with Gasteiger partial charge in [0, 0.05) is 31.5 Å². The molecular formula is C13H17N7O. The molecule has 8 heteroatoms. The van der Waals surface area contributed by atoms with E-state index < -0.39 is 0 Å². The van der Waals surface area contributed by atoms with Crippen molar-refractivity contribution in [1.29, 1.82) is 0 Å². The van der Waals surface area contributed by atoms with E-state index in [-0.39, 0.29) is 11.9 Å². The Hall–Kier alpha value is -2.51. The van der Waals surface area contributed by atoms with Crippen molar-refractivity contribution in [3.8, 4) is 0 Å². The maximum Gasteiger partial charge on any atom is 0.273 e. The molecule has 2 aromatic rings. The topological polar surface area (TPSA) is 99.7 Å². The van der Waals surface area contributed by atoms with Gasteiger partial charge in [0.1, 0.15) is 5.82 Å². The zero-order valence-electron chi connectivity index (χ0n) is 11.8. The molecule has 0 unspecified atom stereocenters. The van der Waals surface area contributed by atoms with Crippen LogP contribution in [-0.2, 0) is 0 Å². The predicted octanol–water partition coefficient (Wildman–Crippen LogP) is 0.302. The van der Waals surface area contributed by atoms with Gasteiger partial charge in [-0.1, -0.05) is 0 Å². The number of H-pyrrole nitrogens is 1. The number of carbonyl (C=O) groups excluding carboxylic acids is 1. The average molecular weight is 287 g/mol. The molecule has 2 N–H and O–H groups in total. The van der Waals surface area contributed by atoms with Gasteiger partial charge in [0.25, 0.3) is 5.91 Å². The molecule has 0 saturated carbocycles. The number of aromatic amines is 1. The summed E-state index contributed by atoms with van der Waals surface area (Å²) >= 11 is 0. The SMILES string of the molecule is Cc1n[nH]nc1C(=O)NC1CCN(c2cnccn2)CC1.